The third kappa shape index (κ3) is 2.16. The Balaban J connectivity index is 2.17. The van der Waals surface area contributed by atoms with Crippen LogP contribution in [-0.2, 0) is 0 Å². The number of nitrogens with one attached hydrogen (secondary N) is 1. The molecule has 0 radical (unpaired) electrons. The number of benzene rings is 1. The fraction of sp³-hybridized carbons (Fsp3) is 0.111. The van der Waals surface area contributed by atoms with Gasteiger partial charge in [0.15, 0.2) is 11.5 Å². The number of hydrogen-bond acceptors (Lipinski definition) is 3. The Morgan fingerprint density at radius 3 is 2.93 bits per heavy atom. The Labute approximate surface area is 86.2 Å². The normalized spacial score (nSPS) is 13.1. The minimum atomic E-state index is -0.0213. The quantitative estimate of drug-likeness (QED) is 0.300. The molecule has 0 unspecified atom stereocenters. The summed E-state index contributed by atoms with van der Waals surface area (Å²) in [7, 11) is 0. The maximum atomic E-state index is 5.21. The fourth-order valence-corrected chi connectivity index (χ4v) is 1.18. The van der Waals surface area contributed by atoms with E-state index in [9.17, 15) is 0 Å². The molecule has 0 amide bonds. The second kappa shape index (κ2) is 3.87. The Morgan fingerprint density at radius 1 is 1.33 bits per heavy atom. The largest absolute Gasteiger partial charge is 0.454 e. The van der Waals surface area contributed by atoms with Crippen molar-refractivity contribution in [2.75, 3.05) is 6.79 Å². The minimum absolute atomic E-state index is 0.0213. The maximum absolute atomic E-state index is 5.21. The summed E-state index contributed by atoms with van der Waals surface area (Å²) in [5, 5.41) is 6.22. The molecular weight excluding hydrogens is 196 g/mol. The second-order valence-corrected chi connectivity index (χ2v) is 2.92. The lowest BCUT2D eigenvalue weighted by Gasteiger charge is -1.94. The predicted octanol–water partition coefficient (Wildman–Crippen LogP) is -1.90. The van der Waals surface area contributed by atoms with Crippen LogP contribution < -0.4 is 26.0 Å². The average Bonchev–Trinajstić information content (AvgIpc) is 2.64. The highest BCUT2D eigenvalue weighted by Crippen LogP contribution is 2.31. The molecule has 1 heterocycles. The van der Waals surface area contributed by atoms with Crippen molar-refractivity contribution in [1.82, 2.24) is 0 Å². The number of guanidine groups is 1. The van der Waals surface area contributed by atoms with Crippen LogP contribution >= 0.6 is 0 Å². The van der Waals surface area contributed by atoms with Gasteiger partial charge in [0, 0.05) is 10.7 Å². The number of nitrogens with two attached hydrogens (primary N) is 2. The first-order valence-corrected chi connectivity index (χ1v) is 4.33. The van der Waals surface area contributed by atoms with Crippen LogP contribution in [0.15, 0.2) is 23.3 Å². The Hall–Kier alpha value is -2.24. The number of rotatable bonds is 2. The molecule has 0 bridgehead atoms. The predicted molar refractivity (Wildman–Crippen MR) is 54.5 cm³/mol. The zero-order chi connectivity index (χ0) is 10.7. The van der Waals surface area contributed by atoms with E-state index in [-0.39, 0.29) is 12.8 Å². The van der Waals surface area contributed by atoms with Crippen LogP contribution in [0.4, 0.5) is 0 Å². The van der Waals surface area contributed by atoms with E-state index in [0.717, 1.165) is 17.1 Å². The van der Waals surface area contributed by atoms with Gasteiger partial charge in [-0.25, -0.2) is 0 Å². The molecule has 0 fully saturated rings. The van der Waals surface area contributed by atoms with Crippen molar-refractivity contribution < 1.29 is 14.6 Å². The van der Waals surface area contributed by atoms with Crippen molar-refractivity contribution in [3.8, 4) is 11.5 Å². The lowest BCUT2D eigenvalue weighted by molar-refractivity contribution is -0.456. The molecule has 0 aliphatic carbocycles. The summed E-state index contributed by atoms with van der Waals surface area (Å²) in [6.45, 7) is 0.264. The van der Waals surface area contributed by atoms with Crippen molar-refractivity contribution in [2.45, 2.75) is 0 Å². The summed E-state index contributed by atoms with van der Waals surface area (Å²) in [4.78, 5) is 0. The first kappa shape index (κ1) is 9.32. The molecule has 2 rings (SSSR count). The van der Waals surface area contributed by atoms with Crippen LogP contribution in [0.3, 0.4) is 0 Å². The zero-order valence-electron chi connectivity index (χ0n) is 7.93. The zero-order valence-corrected chi connectivity index (χ0v) is 7.93. The van der Waals surface area contributed by atoms with Gasteiger partial charge in [-0.3, -0.25) is 0 Å². The monoisotopic (exact) mass is 207 g/mol. The molecule has 6 nitrogen and oxygen atoms in total. The van der Waals surface area contributed by atoms with Crippen LogP contribution in [-0.4, -0.2) is 19.0 Å². The van der Waals surface area contributed by atoms with Gasteiger partial charge in [0.05, 0.1) is 0 Å². The molecule has 78 valence electrons. The molecule has 0 saturated carbocycles. The standard InChI is InChI=1S/C9H10N4O2/c10-9(11)13-12-4-6-1-2-7-8(3-6)15-5-14-7/h1-4H,5H2,(H4,10,11,13)/p+1. The molecule has 1 aliphatic rings. The SMILES string of the molecule is NC(N)=N[NH+]=Cc1ccc2c(c1)OCO2. The Morgan fingerprint density at radius 2 is 2.13 bits per heavy atom. The van der Waals surface area contributed by atoms with Crippen molar-refractivity contribution >= 4 is 12.2 Å². The van der Waals surface area contributed by atoms with E-state index < -0.39 is 0 Å². The van der Waals surface area contributed by atoms with E-state index in [1.807, 2.05) is 18.2 Å². The van der Waals surface area contributed by atoms with Gasteiger partial charge in [0.1, 0.15) is 0 Å². The third-order valence-corrected chi connectivity index (χ3v) is 1.82. The lowest BCUT2D eigenvalue weighted by Crippen LogP contribution is -2.63. The van der Waals surface area contributed by atoms with E-state index in [4.69, 9.17) is 20.9 Å². The molecule has 6 heteroatoms. The van der Waals surface area contributed by atoms with Gasteiger partial charge < -0.3 is 20.9 Å². The molecule has 0 aromatic heterocycles. The number of hydrogen-bond donors (Lipinski definition) is 3. The summed E-state index contributed by atoms with van der Waals surface area (Å²) >= 11 is 0. The topological polar surface area (TPSA) is 96.8 Å². The molecule has 0 atom stereocenters. The Bertz CT molecular complexity index is 424. The number of fused-ring (bicyclic) bond motifs is 1. The van der Waals surface area contributed by atoms with Gasteiger partial charge >= 0.3 is 0 Å². The van der Waals surface area contributed by atoms with E-state index in [0.29, 0.717) is 0 Å². The highest BCUT2D eigenvalue weighted by atomic mass is 16.7. The molecule has 1 aromatic carbocycles. The summed E-state index contributed by atoms with van der Waals surface area (Å²) < 4.78 is 10.4. The summed E-state index contributed by atoms with van der Waals surface area (Å²) in [6.07, 6.45) is 1.65. The van der Waals surface area contributed by atoms with Crippen LogP contribution in [0.1, 0.15) is 5.56 Å². The molecular formula is C9H11N4O2+. The number of hydrazone groups is 1. The first-order chi connectivity index (χ1) is 7.25. The smallest absolute Gasteiger partial charge is 0.256 e. The van der Waals surface area contributed by atoms with E-state index in [1.165, 1.54) is 0 Å². The van der Waals surface area contributed by atoms with Crippen LogP contribution in [0.5, 0.6) is 11.5 Å². The highest BCUT2D eigenvalue weighted by Gasteiger charge is 2.12. The Kier molecular flexibility index (Phi) is 2.40. The van der Waals surface area contributed by atoms with E-state index >= 15 is 0 Å². The first-order valence-electron chi connectivity index (χ1n) is 4.33. The maximum Gasteiger partial charge on any atom is 0.256 e. The van der Waals surface area contributed by atoms with Crippen LogP contribution in [0, 0.1) is 0 Å². The van der Waals surface area contributed by atoms with Gasteiger partial charge in [-0.1, -0.05) is 0 Å². The van der Waals surface area contributed by atoms with Crippen molar-refractivity contribution in [1.29, 1.82) is 0 Å². The second-order valence-electron chi connectivity index (χ2n) is 2.92. The molecule has 0 saturated heterocycles. The fourth-order valence-electron chi connectivity index (χ4n) is 1.18. The van der Waals surface area contributed by atoms with Gasteiger partial charge in [-0.15, -0.1) is 5.10 Å². The van der Waals surface area contributed by atoms with Crippen molar-refractivity contribution in [2.24, 2.45) is 16.6 Å². The summed E-state index contributed by atoms with van der Waals surface area (Å²) in [5.74, 6) is 1.44. The number of ether oxygens (including phenoxy) is 2. The molecule has 0 spiro atoms. The van der Waals surface area contributed by atoms with Crippen LogP contribution in [0.25, 0.3) is 0 Å². The van der Waals surface area contributed by atoms with Crippen molar-refractivity contribution in [3.05, 3.63) is 23.8 Å². The van der Waals surface area contributed by atoms with Gasteiger partial charge in [-0.05, 0) is 18.2 Å². The molecule has 1 aliphatic heterocycles. The molecule has 5 N–H and O–H groups in total. The van der Waals surface area contributed by atoms with E-state index in [1.54, 1.807) is 6.21 Å². The summed E-state index contributed by atoms with van der Waals surface area (Å²) in [6, 6.07) is 5.52. The van der Waals surface area contributed by atoms with Gasteiger partial charge in [0.2, 0.25) is 13.0 Å². The average molecular weight is 207 g/mol. The van der Waals surface area contributed by atoms with Crippen LogP contribution in [0.2, 0.25) is 0 Å². The lowest BCUT2D eigenvalue weighted by atomic mass is 10.2. The van der Waals surface area contributed by atoms with Gasteiger partial charge in [-0.2, -0.15) is 0 Å². The highest BCUT2D eigenvalue weighted by molar-refractivity contribution is 5.78. The molecule has 1 aromatic rings. The third-order valence-electron chi connectivity index (χ3n) is 1.82. The minimum Gasteiger partial charge on any atom is -0.454 e. The van der Waals surface area contributed by atoms with Crippen molar-refractivity contribution in [3.63, 3.8) is 0 Å². The van der Waals surface area contributed by atoms with E-state index in [2.05, 4.69) is 10.2 Å². The van der Waals surface area contributed by atoms with Gasteiger partial charge in [0.25, 0.3) is 5.96 Å². The summed E-state index contributed by atoms with van der Waals surface area (Å²) in [5.41, 5.74) is 11.2. The number of nitrogens with zero attached hydrogens (tertiary/aromatic N) is 1. The molecule has 15 heavy (non-hydrogen) atoms.